The highest BCUT2D eigenvalue weighted by atomic mass is 16.1. The summed E-state index contributed by atoms with van der Waals surface area (Å²) in [6.07, 6.45) is 16.3. The summed E-state index contributed by atoms with van der Waals surface area (Å²) in [6.45, 7) is 3.17. The first kappa shape index (κ1) is 19.7. The van der Waals surface area contributed by atoms with Gasteiger partial charge in [0.05, 0.1) is 5.69 Å². The molecule has 0 saturated heterocycles. The molecule has 130 valence electrons. The van der Waals surface area contributed by atoms with E-state index >= 15 is 0 Å². The molecule has 0 spiro atoms. The first-order valence-electron chi connectivity index (χ1n) is 9.68. The first-order chi connectivity index (χ1) is 11.3. The fourth-order valence-electron chi connectivity index (χ4n) is 2.87. The predicted octanol–water partition coefficient (Wildman–Crippen LogP) is 6.16. The lowest BCUT2D eigenvalue weighted by Gasteiger charge is -2.05. The SMILES string of the molecule is CCCCCCCCCCCCCCNc1cccccc1=O. The molecule has 0 unspecified atom stereocenters. The van der Waals surface area contributed by atoms with E-state index in [2.05, 4.69) is 12.2 Å². The van der Waals surface area contributed by atoms with Gasteiger partial charge in [-0.2, -0.15) is 0 Å². The molecule has 0 aromatic heterocycles. The minimum atomic E-state index is 0.0777. The third-order valence-corrected chi connectivity index (χ3v) is 4.34. The minimum Gasteiger partial charge on any atom is -0.382 e. The van der Waals surface area contributed by atoms with Crippen molar-refractivity contribution in [3.05, 3.63) is 40.6 Å². The third-order valence-electron chi connectivity index (χ3n) is 4.34. The van der Waals surface area contributed by atoms with Crippen molar-refractivity contribution in [1.29, 1.82) is 0 Å². The molecule has 0 fully saturated rings. The van der Waals surface area contributed by atoms with Crippen LogP contribution in [0, 0.1) is 0 Å². The Morgan fingerprint density at radius 3 is 1.83 bits per heavy atom. The number of rotatable bonds is 14. The van der Waals surface area contributed by atoms with E-state index in [9.17, 15) is 4.79 Å². The highest BCUT2D eigenvalue weighted by Gasteiger charge is 1.96. The fourth-order valence-corrected chi connectivity index (χ4v) is 2.87. The van der Waals surface area contributed by atoms with Crippen molar-refractivity contribution in [2.45, 2.75) is 84.0 Å². The van der Waals surface area contributed by atoms with Crippen molar-refractivity contribution < 1.29 is 0 Å². The van der Waals surface area contributed by atoms with E-state index < -0.39 is 0 Å². The molecule has 1 rings (SSSR count). The maximum absolute atomic E-state index is 11.7. The van der Waals surface area contributed by atoms with E-state index in [0.717, 1.165) is 18.7 Å². The number of hydrogen-bond acceptors (Lipinski definition) is 2. The Bertz CT molecular complexity index is 444. The van der Waals surface area contributed by atoms with Crippen molar-refractivity contribution in [3.8, 4) is 0 Å². The zero-order chi connectivity index (χ0) is 16.6. The van der Waals surface area contributed by atoms with E-state index in [-0.39, 0.29) is 5.43 Å². The Kier molecular flexibility index (Phi) is 12.3. The molecule has 1 aromatic carbocycles. The molecule has 0 saturated carbocycles. The standard InChI is InChI=1S/C21H35NO/c1-2-3-4-5-6-7-8-9-10-11-12-16-19-22-20-17-14-13-15-18-21(20)23/h13-15,17-18H,2-12,16,19H2,1H3,(H,22,23). The highest BCUT2D eigenvalue weighted by Crippen LogP contribution is 2.12. The third kappa shape index (κ3) is 11.0. The molecule has 23 heavy (non-hydrogen) atoms. The van der Waals surface area contributed by atoms with Gasteiger partial charge in [0.2, 0.25) is 5.43 Å². The van der Waals surface area contributed by atoms with Gasteiger partial charge in [0.15, 0.2) is 0 Å². The van der Waals surface area contributed by atoms with E-state index in [4.69, 9.17) is 0 Å². The average Bonchev–Trinajstić information content (AvgIpc) is 2.76. The van der Waals surface area contributed by atoms with Crippen LogP contribution in [0.3, 0.4) is 0 Å². The Labute approximate surface area is 142 Å². The Morgan fingerprint density at radius 1 is 0.696 bits per heavy atom. The van der Waals surface area contributed by atoms with Crippen LogP contribution in [0.5, 0.6) is 0 Å². The number of hydrogen-bond donors (Lipinski definition) is 1. The van der Waals surface area contributed by atoms with Gasteiger partial charge in [0.25, 0.3) is 0 Å². The average molecular weight is 318 g/mol. The second kappa shape index (κ2) is 14.3. The zero-order valence-corrected chi connectivity index (χ0v) is 15.0. The molecule has 0 atom stereocenters. The van der Waals surface area contributed by atoms with Crippen LogP contribution in [0.1, 0.15) is 84.0 Å². The summed E-state index contributed by atoms with van der Waals surface area (Å²) in [7, 11) is 0. The Balaban J connectivity index is 1.89. The van der Waals surface area contributed by atoms with Crippen LogP contribution in [0.4, 0.5) is 5.69 Å². The molecule has 2 heteroatoms. The van der Waals surface area contributed by atoms with Gasteiger partial charge in [-0.1, -0.05) is 95.8 Å². The van der Waals surface area contributed by atoms with Gasteiger partial charge in [0.1, 0.15) is 0 Å². The lowest BCUT2D eigenvalue weighted by atomic mass is 10.1. The molecule has 2 nitrogen and oxygen atoms in total. The van der Waals surface area contributed by atoms with Crippen molar-refractivity contribution in [2.24, 2.45) is 0 Å². The summed E-state index contributed by atoms with van der Waals surface area (Å²) in [4.78, 5) is 11.7. The molecule has 1 aromatic rings. The van der Waals surface area contributed by atoms with Crippen LogP contribution >= 0.6 is 0 Å². The van der Waals surface area contributed by atoms with Crippen LogP contribution in [0.2, 0.25) is 0 Å². The normalized spacial score (nSPS) is 10.7. The number of unbranched alkanes of at least 4 members (excludes halogenated alkanes) is 11. The fraction of sp³-hybridized carbons (Fsp3) is 0.667. The second-order valence-corrected chi connectivity index (χ2v) is 6.50. The van der Waals surface area contributed by atoms with Crippen molar-refractivity contribution >= 4 is 5.69 Å². The largest absolute Gasteiger partial charge is 0.382 e. The van der Waals surface area contributed by atoms with Crippen LogP contribution < -0.4 is 10.7 Å². The number of anilines is 1. The van der Waals surface area contributed by atoms with Crippen LogP contribution in [-0.4, -0.2) is 6.54 Å². The van der Waals surface area contributed by atoms with Gasteiger partial charge in [-0.15, -0.1) is 0 Å². The van der Waals surface area contributed by atoms with E-state index in [1.165, 1.54) is 70.6 Å². The van der Waals surface area contributed by atoms with Gasteiger partial charge in [-0.3, -0.25) is 4.79 Å². The van der Waals surface area contributed by atoms with Crippen molar-refractivity contribution in [2.75, 3.05) is 11.9 Å². The summed E-state index contributed by atoms with van der Waals surface area (Å²) < 4.78 is 0. The lowest BCUT2D eigenvalue weighted by Crippen LogP contribution is -2.09. The first-order valence-corrected chi connectivity index (χ1v) is 9.68. The molecule has 0 radical (unpaired) electrons. The number of nitrogens with one attached hydrogen (secondary N) is 1. The second-order valence-electron chi connectivity index (χ2n) is 6.50. The molecule has 0 aliphatic carbocycles. The summed E-state index contributed by atoms with van der Waals surface area (Å²) in [6, 6.07) is 9.06. The van der Waals surface area contributed by atoms with Gasteiger partial charge < -0.3 is 5.32 Å². The molecular weight excluding hydrogens is 282 g/mol. The molecule has 0 bridgehead atoms. The van der Waals surface area contributed by atoms with Gasteiger partial charge in [-0.05, 0) is 18.6 Å². The zero-order valence-electron chi connectivity index (χ0n) is 15.0. The monoisotopic (exact) mass is 317 g/mol. The summed E-state index contributed by atoms with van der Waals surface area (Å²) in [5, 5.41) is 3.26. The van der Waals surface area contributed by atoms with Crippen LogP contribution in [0.25, 0.3) is 0 Å². The van der Waals surface area contributed by atoms with Crippen molar-refractivity contribution in [3.63, 3.8) is 0 Å². The molecule has 0 amide bonds. The Morgan fingerprint density at radius 2 is 1.22 bits per heavy atom. The summed E-state index contributed by atoms with van der Waals surface area (Å²) in [5.74, 6) is 0. The van der Waals surface area contributed by atoms with Crippen LogP contribution in [-0.2, 0) is 0 Å². The highest BCUT2D eigenvalue weighted by molar-refractivity contribution is 5.41. The summed E-state index contributed by atoms with van der Waals surface area (Å²) >= 11 is 0. The maximum Gasteiger partial charge on any atom is 0.201 e. The molecule has 1 N–H and O–H groups in total. The Hall–Kier alpha value is -1.31. The smallest absolute Gasteiger partial charge is 0.201 e. The molecule has 0 aliphatic rings. The van der Waals surface area contributed by atoms with E-state index in [1.807, 2.05) is 18.2 Å². The van der Waals surface area contributed by atoms with Gasteiger partial charge in [-0.25, -0.2) is 0 Å². The van der Waals surface area contributed by atoms with Crippen molar-refractivity contribution in [1.82, 2.24) is 0 Å². The van der Waals surface area contributed by atoms with Gasteiger partial charge in [0, 0.05) is 6.54 Å². The molecule has 0 heterocycles. The van der Waals surface area contributed by atoms with Crippen LogP contribution in [0.15, 0.2) is 35.1 Å². The minimum absolute atomic E-state index is 0.0777. The van der Waals surface area contributed by atoms with E-state index in [1.54, 1.807) is 12.1 Å². The quantitative estimate of drug-likeness (QED) is 0.416. The topological polar surface area (TPSA) is 29.1 Å². The molecule has 0 aliphatic heterocycles. The molecular formula is C21H35NO. The lowest BCUT2D eigenvalue weighted by molar-refractivity contribution is 0.546. The predicted molar refractivity (Wildman–Crippen MR) is 102 cm³/mol. The maximum atomic E-state index is 11.7. The summed E-state index contributed by atoms with van der Waals surface area (Å²) in [5.41, 5.74) is 0.798. The van der Waals surface area contributed by atoms with E-state index in [0.29, 0.717) is 0 Å². The van der Waals surface area contributed by atoms with Gasteiger partial charge >= 0.3 is 0 Å².